The maximum atomic E-state index is 11.1. The highest BCUT2D eigenvalue weighted by Crippen LogP contribution is 2.19. The number of aromatic hydroxyl groups is 1. The number of aromatic nitrogens is 2. The van der Waals surface area contributed by atoms with Crippen molar-refractivity contribution in [3.8, 4) is 5.88 Å². The molecule has 0 spiro atoms. The number of hydrogen-bond donors (Lipinski definition) is 2. The molecule has 0 saturated heterocycles. The molecule has 17 heavy (non-hydrogen) atoms. The van der Waals surface area contributed by atoms with Crippen molar-refractivity contribution in [2.24, 2.45) is 0 Å². The largest absolute Gasteiger partial charge is 0.493 e. The molecule has 0 radical (unpaired) electrons. The van der Waals surface area contributed by atoms with Crippen LogP contribution in [0.2, 0.25) is 0 Å². The summed E-state index contributed by atoms with van der Waals surface area (Å²) >= 11 is 1.38. The molecule has 0 saturated carbocycles. The molecule has 2 aromatic rings. The molecule has 0 atom stereocenters. The van der Waals surface area contributed by atoms with Gasteiger partial charge < -0.3 is 10.1 Å². The number of thioether (sulfide) groups is 1. The number of nitrogens with zero attached hydrogens (tertiary/aromatic N) is 1. The third-order valence-electron chi connectivity index (χ3n) is 2.16. The summed E-state index contributed by atoms with van der Waals surface area (Å²) in [5, 5.41) is 9.62. The molecule has 4 nitrogen and oxygen atoms in total. The Morgan fingerprint density at radius 2 is 2.24 bits per heavy atom. The summed E-state index contributed by atoms with van der Waals surface area (Å²) in [6.45, 7) is 2.03. The summed E-state index contributed by atoms with van der Waals surface area (Å²) in [5.41, 5.74) is 2.01. The number of benzene rings is 1. The van der Waals surface area contributed by atoms with Gasteiger partial charge in [-0.05, 0) is 12.5 Å². The van der Waals surface area contributed by atoms with Gasteiger partial charge in [0.05, 0.1) is 6.07 Å². The number of aromatic amines is 1. The van der Waals surface area contributed by atoms with E-state index in [-0.39, 0.29) is 11.4 Å². The van der Waals surface area contributed by atoms with Gasteiger partial charge in [-0.15, -0.1) is 0 Å². The highest BCUT2D eigenvalue weighted by Gasteiger charge is 2.01. The lowest BCUT2D eigenvalue weighted by atomic mass is 10.2. The highest BCUT2D eigenvalue weighted by molar-refractivity contribution is 7.98. The van der Waals surface area contributed by atoms with Gasteiger partial charge in [0.15, 0.2) is 5.16 Å². The number of aryl methyl sites for hydroxylation is 1. The Morgan fingerprint density at radius 1 is 1.41 bits per heavy atom. The van der Waals surface area contributed by atoms with Crippen molar-refractivity contribution in [3.63, 3.8) is 0 Å². The van der Waals surface area contributed by atoms with Crippen LogP contribution in [0.15, 0.2) is 40.3 Å². The Balaban J connectivity index is 2.09. The molecule has 0 aliphatic rings. The molecule has 1 aromatic carbocycles. The first-order valence-corrected chi connectivity index (χ1v) is 6.11. The van der Waals surface area contributed by atoms with Gasteiger partial charge in [-0.1, -0.05) is 41.6 Å². The summed E-state index contributed by atoms with van der Waals surface area (Å²) in [6, 6.07) is 9.16. The van der Waals surface area contributed by atoms with E-state index in [2.05, 4.69) is 16.0 Å². The molecule has 0 unspecified atom stereocenters. The van der Waals surface area contributed by atoms with E-state index in [1.54, 1.807) is 0 Å². The van der Waals surface area contributed by atoms with Crippen LogP contribution in [0.1, 0.15) is 11.1 Å². The van der Waals surface area contributed by atoms with E-state index in [9.17, 15) is 9.90 Å². The molecule has 0 aliphatic heterocycles. The van der Waals surface area contributed by atoms with Crippen molar-refractivity contribution in [1.29, 1.82) is 0 Å². The Bertz CT molecular complexity index is 581. The first kappa shape index (κ1) is 11.7. The maximum Gasteiger partial charge on any atom is 0.255 e. The number of rotatable bonds is 3. The minimum absolute atomic E-state index is 0.250. The van der Waals surface area contributed by atoms with Crippen molar-refractivity contribution in [1.82, 2.24) is 9.97 Å². The summed E-state index contributed by atoms with van der Waals surface area (Å²) < 4.78 is 0. The third-order valence-corrected chi connectivity index (χ3v) is 3.11. The lowest BCUT2D eigenvalue weighted by Crippen LogP contribution is -2.06. The first-order valence-electron chi connectivity index (χ1n) is 5.12. The molecule has 0 amide bonds. The second-order valence-electron chi connectivity index (χ2n) is 3.69. The van der Waals surface area contributed by atoms with Crippen molar-refractivity contribution in [2.45, 2.75) is 17.8 Å². The molecule has 88 valence electrons. The predicted molar refractivity (Wildman–Crippen MR) is 67.3 cm³/mol. The molecule has 2 N–H and O–H groups in total. The zero-order valence-electron chi connectivity index (χ0n) is 9.30. The smallest absolute Gasteiger partial charge is 0.255 e. The standard InChI is InChI=1S/C12H12N2O2S/c1-8-3-2-4-9(5-8)7-17-12-13-10(15)6-11(16)14-12/h2-6H,7H2,1H3,(H2,13,14,15,16). The molecular formula is C12H12N2O2S. The van der Waals surface area contributed by atoms with Crippen LogP contribution in [0.5, 0.6) is 5.88 Å². The van der Waals surface area contributed by atoms with Gasteiger partial charge in [-0.2, -0.15) is 4.98 Å². The quantitative estimate of drug-likeness (QED) is 0.644. The lowest BCUT2D eigenvalue weighted by molar-refractivity contribution is 0.444. The average molecular weight is 248 g/mol. The normalized spacial score (nSPS) is 10.4. The van der Waals surface area contributed by atoms with Crippen LogP contribution >= 0.6 is 11.8 Å². The molecule has 2 rings (SSSR count). The van der Waals surface area contributed by atoms with Crippen molar-refractivity contribution in [2.75, 3.05) is 0 Å². The topological polar surface area (TPSA) is 66.0 Å². The van der Waals surface area contributed by atoms with Gasteiger partial charge >= 0.3 is 0 Å². The minimum atomic E-state index is -0.343. The molecular weight excluding hydrogens is 236 g/mol. The van der Waals surface area contributed by atoms with E-state index in [1.165, 1.54) is 17.3 Å². The Morgan fingerprint density at radius 3 is 2.94 bits per heavy atom. The van der Waals surface area contributed by atoms with Crippen LogP contribution in [0.3, 0.4) is 0 Å². The van der Waals surface area contributed by atoms with E-state index < -0.39 is 0 Å². The summed E-state index contributed by atoms with van der Waals surface area (Å²) in [4.78, 5) is 17.5. The molecule has 0 bridgehead atoms. The van der Waals surface area contributed by atoms with Crippen LogP contribution in [-0.2, 0) is 5.75 Å². The Kier molecular flexibility index (Phi) is 3.49. The van der Waals surface area contributed by atoms with Gasteiger partial charge in [0, 0.05) is 5.75 Å². The lowest BCUT2D eigenvalue weighted by Gasteiger charge is -2.02. The van der Waals surface area contributed by atoms with Gasteiger partial charge in [-0.25, -0.2) is 0 Å². The summed E-state index contributed by atoms with van der Waals surface area (Å²) in [5.74, 6) is 0.453. The molecule has 1 heterocycles. The van der Waals surface area contributed by atoms with Crippen molar-refractivity contribution in [3.05, 3.63) is 51.8 Å². The van der Waals surface area contributed by atoms with E-state index in [4.69, 9.17) is 0 Å². The molecule has 1 aromatic heterocycles. The van der Waals surface area contributed by atoms with Gasteiger partial charge in [-0.3, -0.25) is 4.79 Å². The highest BCUT2D eigenvalue weighted by atomic mass is 32.2. The van der Waals surface area contributed by atoms with Gasteiger partial charge in [0.1, 0.15) is 0 Å². The van der Waals surface area contributed by atoms with E-state index in [1.807, 2.05) is 25.1 Å². The van der Waals surface area contributed by atoms with Crippen LogP contribution in [0, 0.1) is 6.92 Å². The average Bonchev–Trinajstić information content (AvgIpc) is 2.25. The zero-order valence-corrected chi connectivity index (χ0v) is 10.1. The molecule has 0 fully saturated rings. The predicted octanol–water partition coefficient (Wildman–Crippen LogP) is 2.08. The molecule has 0 aliphatic carbocycles. The van der Waals surface area contributed by atoms with Crippen LogP contribution in [0.25, 0.3) is 0 Å². The Labute approximate surface area is 103 Å². The number of hydrogen-bond acceptors (Lipinski definition) is 4. The van der Waals surface area contributed by atoms with Crippen LogP contribution in [-0.4, -0.2) is 15.1 Å². The minimum Gasteiger partial charge on any atom is -0.493 e. The maximum absolute atomic E-state index is 11.1. The Hall–Kier alpha value is -1.75. The fourth-order valence-electron chi connectivity index (χ4n) is 1.44. The number of H-pyrrole nitrogens is 1. The number of nitrogens with one attached hydrogen (secondary N) is 1. The van der Waals surface area contributed by atoms with E-state index >= 15 is 0 Å². The van der Waals surface area contributed by atoms with Crippen molar-refractivity contribution >= 4 is 11.8 Å². The third kappa shape index (κ3) is 3.35. The first-order chi connectivity index (χ1) is 8.13. The molecule has 5 heteroatoms. The fourth-order valence-corrected chi connectivity index (χ4v) is 2.26. The summed E-state index contributed by atoms with van der Waals surface area (Å²) in [7, 11) is 0. The second kappa shape index (κ2) is 5.05. The summed E-state index contributed by atoms with van der Waals surface area (Å²) in [6.07, 6.45) is 0. The van der Waals surface area contributed by atoms with Crippen LogP contribution < -0.4 is 5.56 Å². The van der Waals surface area contributed by atoms with Gasteiger partial charge in [0.2, 0.25) is 5.88 Å². The van der Waals surface area contributed by atoms with E-state index in [0.717, 1.165) is 11.6 Å². The van der Waals surface area contributed by atoms with Crippen LogP contribution in [0.4, 0.5) is 0 Å². The van der Waals surface area contributed by atoms with Crippen molar-refractivity contribution < 1.29 is 5.11 Å². The van der Waals surface area contributed by atoms with E-state index in [0.29, 0.717) is 10.9 Å². The monoisotopic (exact) mass is 248 g/mol. The SMILES string of the molecule is Cc1cccc(CSc2nc(O)cc(=O)[nH]2)c1. The zero-order chi connectivity index (χ0) is 12.3. The van der Waals surface area contributed by atoms with Gasteiger partial charge in [0.25, 0.3) is 5.56 Å². The fraction of sp³-hybridized carbons (Fsp3) is 0.167. The second-order valence-corrected chi connectivity index (χ2v) is 4.65.